The largest absolute Gasteiger partial charge is 0.494 e. The van der Waals surface area contributed by atoms with E-state index in [2.05, 4.69) is 9.62 Å². The predicted molar refractivity (Wildman–Crippen MR) is 96.0 cm³/mol. The third-order valence-electron chi connectivity index (χ3n) is 4.41. The summed E-state index contributed by atoms with van der Waals surface area (Å²) >= 11 is 1.60. The van der Waals surface area contributed by atoms with Crippen molar-refractivity contribution in [2.75, 3.05) is 26.7 Å². The van der Waals surface area contributed by atoms with Crippen LogP contribution in [0.1, 0.15) is 24.4 Å². The van der Waals surface area contributed by atoms with Crippen LogP contribution in [-0.4, -0.2) is 40.1 Å². The molecule has 2 heterocycles. The fraction of sp³-hybridized carbons (Fsp3) is 0.412. The van der Waals surface area contributed by atoms with E-state index in [4.69, 9.17) is 4.74 Å². The number of halogens is 1. The molecule has 136 valence electrons. The topological polar surface area (TPSA) is 58.6 Å². The third-order valence-corrected chi connectivity index (χ3v) is 6.53. The fourth-order valence-corrected chi connectivity index (χ4v) is 4.82. The van der Waals surface area contributed by atoms with Crippen molar-refractivity contribution in [2.45, 2.75) is 23.8 Å². The zero-order valence-electron chi connectivity index (χ0n) is 13.9. The highest BCUT2D eigenvalue weighted by molar-refractivity contribution is 7.89. The summed E-state index contributed by atoms with van der Waals surface area (Å²) < 4.78 is 46.4. The Labute approximate surface area is 151 Å². The highest BCUT2D eigenvalue weighted by Gasteiger charge is 2.26. The Bertz CT molecular complexity index is 803. The van der Waals surface area contributed by atoms with Crippen LogP contribution in [0.5, 0.6) is 5.75 Å². The van der Waals surface area contributed by atoms with E-state index in [0.29, 0.717) is 0 Å². The molecule has 0 amide bonds. The molecule has 5 nitrogen and oxygen atoms in total. The zero-order chi connectivity index (χ0) is 17.9. The molecule has 25 heavy (non-hydrogen) atoms. The lowest BCUT2D eigenvalue weighted by Gasteiger charge is -2.27. The summed E-state index contributed by atoms with van der Waals surface area (Å²) in [5.74, 6) is -0.675. The van der Waals surface area contributed by atoms with E-state index in [1.54, 1.807) is 11.3 Å². The van der Waals surface area contributed by atoms with Crippen molar-refractivity contribution in [1.82, 2.24) is 9.62 Å². The second kappa shape index (κ2) is 7.82. The summed E-state index contributed by atoms with van der Waals surface area (Å²) in [5, 5.41) is 4.04. The maximum atomic E-state index is 13.8. The molecule has 2 aromatic rings. The molecule has 3 rings (SSSR count). The van der Waals surface area contributed by atoms with Crippen LogP contribution in [0.25, 0.3) is 0 Å². The monoisotopic (exact) mass is 384 g/mol. The van der Waals surface area contributed by atoms with E-state index in [-0.39, 0.29) is 23.2 Å². The van der Waals surface area contributed by atoms with Crippen molar-refractivity contribution >= 4 is 21.4 Å². The molecule has 0 bridgehead atoms. The highest BCUT2D eigenvalue weighted by Crippen LogP contribution is 2.27. The molecule has 1 aliphatic rings. The molecule has 1 fully saturated rings. The molecule has 1 aliphatic heterocycles. The van der Waals surface area contributed by atoms with Crippen LogP contribution in [0.2, 0.25) is 0 Å². The van der Waals surface area contributed by atoms with Gasteiger partial charge in [0.1, 0.15) is 0 Å². The number of hydrogen-bond donors (Lipinski definition) is 1. The van der Waals surface area contributed by atoms with Gasteiger partial charge in [0, 0.05) is 12.6 Å². The van der Waals surface area contributed by atoms with Crippen molar-refractivity contribution < 1.29 is 17.5 Å². The van der Waals surface area contributed by atoms with Crippen LogP contribution < -0.4 is 9.46 Å². The van der Waals surface area contributed by atoms with Gasteiger partial charge in [0.2, 0.25) is 10.0 Å². The quantitative estimate of drug-likeness (QED) is 0.797. The van der Waals surface area contributed by atoms with Gasteiger partial charge < -0.3 is 4.74 Å². The molecule has 1 aromatic carbocycles. The summed E-state index contributed by atoms with van der Waals surface area (Å²) in [7, 11) is -2.45. The van der Waals surface area contributed by atoms with Crippen LogP contribution in [-0.2, 0) is 10.0 Å². The number of ether oxygens (including phenoxy) is 1. The van der Waals surface area contributed by atoms with E-state index in [9.17, 15) is 12.8 Å². The lowest BCUT2D eigenvalue weighted by atomic mass is 10.1. The fourth-order valence-electron chi connectivity index (χ4n) is 3.06. The summed E-state index contributed by atoms with van der Waals surface area (Å²) in [6.07, 6.45) is 2.24. The highest BCUT2D eigenvalue weighted by atomic mass is 32.2. The SMILES string of the molecule is COc1ccc(S(=O)(=O)NCC(c2ccsc2)N2CCCC2)cc1F. The Hall–Kier alpha value is -1.48. The van der Waals surface area contributed by atoms with Gasteiger partial charge >= 0.3 is 0 Å². The Morgan fingerprint density at radius 1 is 1.32 bits per heavy atom. The first-order chi connectivity index (χ1) is 12.0. The van der Waals surface area contributed by atoms with Gasteiger partial charge in [-0.1, -0.05) is 0 Å². The average Bonchev–Trinajstić information content (AvgIpc) is 3.29. The summed E-state index contributed by atoms with van der Waals surface area (Å²) in [5.41, 5.74) is 1.11. The second-order valence-corrected chi connectivity index (χ2v) is 8.51. The minimum atomic E-state index is -3.79. The van der Waals surface area contributed by atoms with Crippen LogP contribution in [0.15, 0.2) is 39.9 Å². The number of nitrogens with zero attached hydrogens (tertiary/aromatic N) is 1. The van der Waals surface area contributed by atoms with Crippen LogP contribution in [0.4, 0.5) is 4.39 Å². The molecular formula is C17H21FN2O3S2. The Morgan fingerprint density at radius 2 is 2.08 bits per heavy atom. The molecule has 1 atom stereocenters. The number of sulfonamides is 1. The lowest BCUT2D eigenvalue weighted by molar-refractivity contribution is 0.247. The predicted octanol–water partition coefficient (Wildman–Crippen LogP) is 3.01. The van der Waals surface area contributed by atoms with E-state index < -0.39 is 15.8 Å². The average molecular weight is 384 g/mol. The number of thiophene rings is 1. The lowest BCUT2D eigenvalue weighted by Crippen LogP contribution is -2.36. The number of methoxy groups -OCH3 is 1. The van der Waals surface area contributed by atoms with Gasteiger partial charge in [-0.2, -0.15) is 11.3 Å². The van der Waals surface area contributed by atoms with Crippen molar-refractivity contribution in [3.63, 3.8) is 0 Å². The molecule has 0 radical (unpaired) electrons. The number of likely N-dealkylation sites (tertiary alicyclic amines) is 1. The Balaban J connectivity index is 1.76. The molecule has 0 spiro atoms. The van der Waals surface area contributed by atoms with Crippen molar-refractivity contribution in [1.29, 1.82) is 0 Å². The van der Waals surface area contributed by atoms with Crippen LogP contribution >= 0.6 is 11.3 Å². The summed E-state index contributed by atoms with van der Waals surface area (Å²) in [6, 6.07) is 5.66. The van der Waals surface area contributed by atoms with Crippen LogP contribution in [0, 0.1) is 5.82 Å². The van der Waals surface area contributed by atoms with E-state index in [1.165, 1.54) is 19.2 Å². The van der Waals surface area contributed by atoms with Crippen molar-refractivity contribution in [3.05, 3.63) is 46.4 Å². The molecular weight excluding hydrogens is 363 g/mol. The second-order valence-electron chi connectivity index (χ2n) is 5.96. The third kappa shape index (κ3) is 4.20. The maximum absolute atomic E-state index is 13.8. The van der Waals surface area contributed by atoms with Gasteiger partial charge in [0.25, 0.3) is 0 Å². The molecule has 0 saturated carbocycles. The van der Waals surface area contributed by atoms with E-state index >= 15 is 0 Å². The Morgan fingerprint density at radius 3 is 2.68 bits per heavy atom. The minimum Gasteiger partial charge on any atom is -0.494 e. The molecule has 0 aliphatic carbocycles. The van der Waals surface area contributed by atoms with Crippen molar-refractivity contribution in [2.24, 2.45) is 0 Å². The molecule has 1 aromatic heterocycles. The first-order valence-corrected chi connectivity index (χ1v) is 10.5. The minimum absolute atomic E-state index is 0.00776. The molecule has 1 saturated heterocycles. The maximum Gasteiger partial charge on any atom is 0.240 e. The summed E-state index contributed by atoms with van der Waals surface area (Å²) in [6.45, 7) is 2.17. The van der Waals surface area contributed by atoms with Crippen LogP contribution in [0.3, 0.4) is 0 Å². The number of hydrogen-bond acceptors (Lipinski definition) is 5. The van der Waals surface area contributed by atoms with Gasteiger partial charge in [0.05, 0.1) is 12.0 Å². The normalized spacial score (nSPS) is 16.9. The summed E-state index contributed by atoms with van der Waals surface area (Å²) in [4.78, 5) is 2.19. The molecule has 1 unspecified atom stereocenters. The number of nitrogens with one attached hydrogen (secondary N) is 1. The smallest absolute Gasteiger partial charge is 0.240 e. The van der Waals surface area contributed by atoms with Gasteiger partial charge in [0.15, 0.2) is 11.6 Å². The van der Waals surface area contributed by atoms with E-state index in [0.717, 1.165) is 37.6 Å². The zero-order valence-corrected chi connectivity index (χ0v) is 15.6. The Kier molecular flexibility index (Phi) is 5.73. The standard InChI is InChI=1S/C17H21FN2O3S2/c1-23-17-5-4-14(10-15(17)18)25(21,22)19-11-16(13-6-9-24-12-13)20-7-2-3-8-20/h4-6,9-10,12,16,19H,2-3,7-8,11H2,1H3. The van der Waals surface area contributed by atoms with E-state index in [1.807, 2.05) is 16.8 Å². The number of rotatable bonds is 7. The van der Waals surface area contributed by atoms with Crippen molar-refractivity contribution in [3.8, 4) is 5.75 Å². The first-order valence-electron chi connectivity index (χ1n) is 8.10. The first kappa shape index (κ1) is 18.3. The molecule has 8 heteroatoms. The van der Waals surface area contributed by atoms with Gasteiger partial charge in [-0.15, -0.1) is 0 Å². The molecule has 1 N–H and O–H groups in total. The van der Waals surface area contributed by atoms with Gasteiger partial charge in [-0.05, 0) is 66.5 Å². The number of benzene rings is 1. The van der Waals surface area contributed by atoms with Gasteiger partial charge in [-0.25, -0.2) is 17.5 Å². The van der Waals surface area contributed by atoms with Gasteiger partial charge in [-0.3, -0.25) is 4.90 Å².